The van der Waals surface area contributed by atoms with Gasteiger partial charge < -0.3 is 20.2 Å². The lowest BCUT2D eigenvalue weighted by Gasteiger charge is -2.36. The third-order valence-electron chi connectivity index (χ3n) is 3.64. The highest BCUT2D eigenvalue weighted by Crippen LogP contribution is 2.19. The largest absolute Gasteiger partial charge is 0.481 e. The fourth-order valence-electron chi connectivity index (χ4n) is 2.60. The van der Waals surface area contributed by atoms with Crippen molar-refractivity contribution in [1.82, 2.24) is 15.1 Å². The van der Waals surface area contributed by atoms with E-state index >= 15 is 0 Å². The highest BCUT2D eigenvalue weighted by molar-refractivity contribution is 5.91. The standard InChI is InChI=1S/C12H19N3O4/c1-8-2-4-14(7-8)12(19)15-5-3-13-11(18)9(15)6-10(16)17/h8-9H,2-7H2,1H3,(H,13,18)(H,16,17). The maximum absolute atomic E-state index is 12.4. The average molecular weight is 269 g/mol. The molecule has 0 radical (unpaired) electrons. The lowest BCUT2D eigenvalue weighted by atomic mass is 10.1. The molecular weight excluding hydrogens is 250 g/mol. The Kier molecular flexibility index (Phi) is 3.92. The number of carbonyl (C=O) groups is 3. The van der Waals surface area contributed by atoms with E-state index in [9.17, 15) is 14.4 Å². The van der Waals surface area contributed by atoms with Crippen molar-refractivity contribution in [1.29, 1.82) is 0 Å². The van der Waals surface area contributed by atoms with Crippen molar-refractivity contribution < 1.29 is 19.5 Å². The second kappa shape index (κ2) is 5.46. The molecule has 2 rings (SSSR count). The molecule has 2 N–H and O–H groups in total. The first-order chi connectivity index (χ1) is 8.99. The Bertz CT molecular complexity index is 398. The molecule has 2 fully saturated rings. The highest BCUT2D eigenvalue weighted by atomic mass is 16.4. The first-order valence-electron chi connectivity index (χ1n) is 6.54. The van der Waals surface area contributed by atoms with E-state index in [4.69, 9.17) is 5.11 Å². The second-order valence-electron chi connectivity index (χ2n) is 5.22. The number of nitrogens with one attached hydrogen (secondary N) is 1. The zero-order valence-electron chi connectivity index (χ0n) is 11.0. The van der Waals surface area contributed by atoms with Crippen molar-refractivity contribution in [2.75, 3.05) is 26.2 Å². The number of carbonyl (C=O) groups excluding carboxylic acids is 2. The molecule has 2 atom stereocenters. The monoisotopic (exact) mass is 269 g/mol. The zero-order valence-corrected chi connectivity index (χ0v) is 11.0. The summed E-state index contributed by atoms with van der Waals surface area (Å²) in [6.07, 6.45) is 0.607. The van der Waals surface area contributed by atoms with Crippen LogP contribution >= 0.6 is 0 Å². The van der Waals surface area contributed by atoms with Crippen LogP contribution in [0.25, 0.3) is 0 Å². The minimum absolute atomic E-state index is 0.217. The molecule has 2 saturated heterocycles. The van der Waals surface area contributed by atoms with Gasteiger partial charge >= 0.3 is 12.0 Å². The number of piperazine rings is 1. The normalized spacial score (nSPS) is 27.3. The summed E-state index contributed by atoms with van der Waals surface area (Å²) in [5.74, 6) is -0.996. The van der Waals surface area contributed by atoms with Crippen LogP contribution < -0.4 is 5.32 Å². The summed E-state index contributed by atoms with van der Waals surface area (Å²) in [4.78, 5) is 38.0. The van der Waals surface area contributed by atoms with E-state index < -0.39 is 12.0 Å². The van der Waals surface area contributed by atoms with E-state index in [1.54, 1.807) is 4.90 Å². The first kappa shape index (κ1) is 13.6. The molecule has 2 heterocycles. The Morgan fingerprint density at radius 2 is 2.16 bits per heavy atom. The van der Waals surface area contributed by atoms with Gasteiger partial charge in [0.25, 0.3) is 0 Å². The number of hydrogen-bond acceptors (Lipinski definition) is 3. The van der Waals surface area contributed by atoms with Crippen LogP contribution in [0.15, 0.2) is 0 Å². The quantitative estimate of drug-likeness (QED) is 0.721. The van der Waals surface area contributed by atoms with Gasteiger partial charge in [0.1, 0.15) is 6.04 Å². The third kappa shape index (κ3) is 2.97. The molecule has 0 saturated carbocycles. The van der Waals surface area contributed by atoms with Gasteiger partial charge in [-0.1, -0.05) is 6.92 Å². The van der Waals surface area contributed by atoms with Crippen LogP contribution in [0.5, 0.6) is 0 Å². The predicted molar refractivity (Wildman–Crippen MR) is 66.5 cm³/mol. The van der Waals surface area contributed by atoms with Gasteiger partial charge in [-0.3, -0.25) is 9.59 Å². The second-order valence-corrected chi connectivity index (χ2v) is 5.22. The third-order valence-corrected chi connectivity index (χ3v) is 3.64. The van der Waals surface area contributed by atoms with Crippen molar-refractivity contribution in [3.63, 3.8) is 0 Å². The molecule has 3 amide bonds. The number of likely N-dealkylation sites (tertiary alicyclic amines) is 1. The van der Waals surface area contributed by atoms with Crippen molar-refractivity contribution in [2.45, 2.75) is 25.8 Å². The average Bonchev–Trinajstić information content (AvgIpc) is 2.77. The van der Waals surface area contributed by atoms with Gasteiger partial charge in [0.05, 0.1) is 6.42 Å². The molecule has 0 aliphatic carbocycles. The number of hydrogen-bond donors (Lipinski definition) is 2. The summed E-state index contributed by atoms with van der Waals surface area (Å²) in [5, 5.41) is 11.5. The maximum Gasteiger partial charge on any atom is 0.320 e. The molecule has 7 heteroatoms. The first-order valence-corrected chi connectivity index (χ1v) is 6.54. The molecule has 0 aromatic carbocycles. The number of nitrogens with zero attached hydrogens (tertiary/aromatic N) is 2. The zero-order chi connectivity index (χ0) is 14.0. The summed E-state index contributed by atoms with van der Waals surface area (Å²) >= 11 is 0. The number of carboxylic acid groups (broad SMARTS) is 1. The van der Waals surface area contributed by atoms with Gasteiger partial charge in [0.15, 0.2) is 0 Å². The summed E-state index contributed by atoms with van der Waals surface area (Å²) in [7, 11) is 0. The van der Waals surface area contributed by atoms with Crippen LogP contribution in [-0.4, -0.2) is 65.0 Å². The van der Waals surface area contributed by atoms with Crippen LogP contribution in [-0.2, 0) is 9.59 Å². The van der Waals surface area contributed by atoms with E-state index in [2.05, 4.69) is 12.2 Å². The van der Waals surface area contributed by atoms with Crippen molar-refractivity contribution in [3.8, 4) is 0 Å². The van der Waals surface area contributed by atoms with Crippen LogP contribution in [0.1, 0.15) is 19.8 Å². The van der Waals surface area contributed by atoms with Crippen molar-refractivity contribution in [2.24, 2.45) is 5.92 Å². The molecule has 0 aromatic heterocycles. The van der Waals surface area contributed by atoms with Crippen molar-refractivity contribution in [3.05, 3.63) is 0 Å². The molecular formula is C12H19N3O4. The lowest BCUT2D eigenvalue weighted by molar-refractivity contribution is -0.142. The van der Waals surface area contributed by atoms with E-state index in [-0.39, 0.29) is 18.4 Å². The molecule has 2 aliphatic heterocycles. The summed E-state index contributed by atoms with van der Waals surface area (Å²) in [6.45, 7) is 4.18. The maximum atomic E-state index is 12.4. The molecule has 2 unspecified atom stereocenters. The van der Waals surface area contributed by atoms with Gasteiger partial charge in [-0.2, -0.15) is 0 Å². The van der Waals surface area contributed by atoms with Gasteiger partial charge in [0, 0.05) is 26.2 Å². The lowest BCUT2D eigenvalue weighted by Crippen LogP contribution is -2.60. The number of urea groups is 1. The van der Waals surface area contributed by atoms with Gasteiger partial charge in [-0.15, -0.1) is 0 Å². The highest BCUT2D eigenvalue weighted by Gasteiger charge is 2.37. The van der Waals surface area contributed by atoms with E-state index in [1.165, 1.54) is 4.90 Å². The van der Waals surface area contributed by atoms with Crippen LogP contribution in [0.2, 0.25) is 0 Å². The topological polar surface area (TPSA) is 90.0 Å². The van der Waals surface area contributed by atoms with Crippen LogP contribution in [0, 0.1) is 5.92 Å². The predicted octanol–water partition coefficient (Wildman–Crippen LogP) is -0.277. The Labute approximate surface area is 111 Å². The molecule has 19 heavy (non-hydrogen) atoms. The van der Waals surface area contributed by atoms with Crippen molar-refractivity contribution >= 4 is 17.9 Å². The molecule has 0 bridgehead atoms. The Morgan fingerprint density at radius 3 is 2.74 bits per heavy atom. The van der Waals surface area contributed by atoms with Crippen LogP contribution in [0.4, 0.5) is 4.79 Å². The number of carboxylic acids is 1. The summed E-state index contributed by atoms with van der Waals surface area (Å²) in [6, 6.07) is -1.11. The van der Waals surface area contributed by atoms with E-state index in [0.29, 0.717) is 32.1 Å². The molecule has 7 nitrogen and oxygen atoms in total. The Morgan fingerprint density at radius 1 is 1.42 bits per heavy atom. The number of aliphatic carboxylic acids is 1. The Hall–Kier alpha value is -1.79. The molecule has 0 aromatic rings. The molecule has 106 valence electrons. The van der Waals surface area contributed by atoms with Crippen LogP contribution in [0.3, 0.4) is 0 Å². The van der Waals surface area contributed by atoms with Gasteiger partial charge in [-0.25, -0.2) is 4.79 Å². The van der Waals surface area contributed by atoms with E-state index in [0.717, 1.165) is 6.42 Å². The number of rotatable bonds is 2. The summed E-state index contributed by atoms with van der Waals surface area (Å²) < 4.78 is 0. The minimum atomic E-state index is -1.07. The molecule has 0 spiro atoms. The summed E-state index contributed by atoms with van der Waals surface area (Å²) in [5.41, 5.74) is 0. The number of amides is 3. The molecule has 2 aliphatic rings. The smallest absolute Gasteiger partial charge is 0.320 e. The minimum Gasteiger partial charge on any atom is -0.481 e. The van der Waals surface area contributed by atoms with E-state index in [1.807, 2.05) is 0 Å². The van der Waals surface area contributed by atoms with Gasteiger partial charge in [-0.05, 0) is 12.3 Å². The fraction of sp³-hybridized carbons (Fsp3) is 0.750. The SMILES string of the molecule is CC1CCN(C(=O)N2CCNC(=O)C2CC(=O)O)C1. The Balaban J connectivity index is 2.08. The van der Waals surface area contributed by atoms with Gasteiger partial charge in [0.2, 0.25) is 5.91 Å². The fourth-order valence-corrected chi connectivity index (χ4v) is 2.60.